The quantitative estimate of drug-likeness (QED) is 0.829. The highest BCUT2D eigenvalue weighted by molar-refractivity contribution is 9.10. The fraction of sp³-hybridized carbons (Fsp3) is 0.333. The molecule has 0 aliphatic rings. The Morgan fingerprint density at radius 1 is 1.36 bits per heavy atom. The van der Waals surface area contributed by atoms with Crippen LogP contribution >= 0.6 is 15.9 Å². The molecule has 1 aromatic carbocycles. The van der Waals surface area contributed by atoms with Crippen LogP contribution in [0.1, 0.15) is 16.7 Å². The summed E-state index contributed by atoms with van der Waals surface area (Å²) in [4.78, 5) is 0. The second-order valence-electron chi connectivity index (χ2n) is 2.91. The van der Waals surface area contributed by atoms with E-state index in [-0.39, 0.29) is 11.1 Å². The zero-order chi connectivity index (χ0) is 10.9. The fourth-order valence-corrected chi connectivity index (χ4v) is 1.63. The summed E-state index contributed by atoms with van der Waals surface area (Å²) in [6.45, 7) is 0.982. The largest absolute Gasteiger partial charge is 0.416 e. The van der Waals surface area contributed by atoms with Crippen molar-refractivity contribution in [3.63, 3.8) is 0 Å². The number of hydrogen-bond acceptors (Lipinski definition) is 1. The molecule has 1 rings (SSSR count). The first-order valence-electron chi connectivity index (χ1n) is 3.83. The number of aliphatic hydroxyl groups excluding tert-OH is 1. The number of aliphatic hydroxyl groups is 1. The second kappa shape index (κ2) is 3.90. The summed E-state index contributed by atoms with van der Waals surface area (Å²) in [6, 6.07) is 2.44. The number of halogens is 4. The predicted molar refractivity (Wildman–Crippen MR) is 49.8 cm³/mol. The Balaban J connectivity index is 3.35. The molecule has 0 saturated carbocycles. The highest BCUT2D eigenvalue weighted by Crippen LogP contribution is 2.35. The highest BCUT2D eigenvalue weighted by atomic mass is 79.9. The van der Waals surface area contributed by atoms with Gasteiger partial charge in [0.2, 0.25) is 0 Å². The Bertz CT molecular complexity index is 347. The molecule has 0 radical (unpaired) electrons. The Morgan fingerprint density at radius 3 is 2.36 bits per heavy atom. The van der Waals surface area contributed by atoms with Crippen molar-refractivity contribution in [1.29, 1.82) is 0 Å². The lowest BCUT2D eigenvalue weighted by atomic mass is 10.1. The van der Waals surface area contributed by atoms with Crippen molar-refractivity contribution in [3.8, 4) is 0 Å². The first-order chi connectivity index (χ1) is 6.36. The molecule has 5 heteroatoms. The molecule has 0 amide bonds. The minimum atomic E-state index is -4.38. The first-order valence-corrected chi connectivity index (χ1v) is 4.62. The Hall–Kier alpha value is -0.550. The van der Waals surface area contributed by atoms with E-state index in [1.54, 1.807) is 0 Å². The van der Waals surface area contributed by atoms with Crippen molar-refractivity contribution in [2.75, 3.05) is 0 Å². The van der Waals surface area contributed by atoms with Gasteiger partial charge >= 0.3 is 6.18 Å². The SMILES string of the molecule is Cc1c(Br)cc(CO)cc1C(F)(F)F. The van der Waals surface area contributed by atoms with E-state index < -0.39 is 18.3 Å². The zero-order valence-electron chi connectivity index (χ0n) is 7.32. The molecule has 0 aliphatic carbocycles. The van der Waals surface area contributed by atoms with Gasteiger partial charge in [0, 0.05) is 4.47 Å². The lowest BCUT2D eigenvalue weighted by molar-refractivity contribution is -0.138. The molecule has 78 valence electrons. The molecule has 1 nitrogen and oxygen atoms in total. The van der Waals surface area contributed by atoms with Gasteiger partial charge in [-0.05, 0) is 30.2 Å². The van der Waals surface area contributed by atoms with Gasteiger partial charge < -0.3 is 5.11 Å². The van der Waals surface area contributed by atoms with Crippen LogP contribution in [0.3, 0.4) is 0 Å². The van der Waals surface area contributed by atoms with Crippen LogP contribution in [0, 0.1) is 6.92 Å². The van der Waals surface area contributed by atoms with Crippen LogP contribution in [0.5, 0.6) is 0 Å². The smallest absolute Gasteiger partial charge is 0.392 e. The molecule has 0 heterocycles. The number of alkyl halides is 3. The van der Waals surface area contributed by atoms with Gasteiger partial charge in [0.1, 0.15) is 0 Å². The molecule has 0 atom stereocenters. The van der Waals surface area contributed by atoms with Crippen LogP contribution in [0.4, 0.5) is 13.2 Å². The summed E-state index contributed by atoms with van der Waals surface area (Å²) in [6.07, 6.45) is -4.38. The molecule has 0 spiro atoms. The van der Waals surface area contributed by atoms with Gasteiger partial charge in [0.15, 0.2) is 0 Å². The lowest BCUT2D eigenvalue weighted by Gasteiger charge is -2.12. The third-order valence-corrected chi connectivity index (χ3v) is 2.72. The zero-order valence-corrected chi connectivity index (χ0v) is 8.91. The molecule has 14 heavy (non-hydrogen) atoms. The van der Waals surface area contributed by atoms with E-state index in [1.165, 1.54) is 13.0 Å². The van der Waals surface area contributed by atoms with Crippen LogP contribution in [0.2, 0.25) is 0 Å². The van der Waals surface area contributed by atoms with E-state index in [9.17, 15) is 13.2 Å². The van der Waals surface area contributed by atoms with Crippen molar-refractivity contribution in [2.45, 2.75) is 19.7 Å². The van der Waals surface area contributed by atoms with Gasteiger partial charge in [-0.2, -0.15) is 13.2 Å². The van der Waals surface area contributed by atoms with Crippen molar-refractivity contribution in [2.24, 2.45) is 0 Å². The second-order valence-corrected chi connectivity index (χ2v) is 3.76. The summed E-state index contributed by atoms with van der Waals surface area (Å²) < 4.78 is 37.7. The summed E-state index contributed by atoms with van der Waals surface area (Å²) in [5, 5.41) is 8.75. The van der Waals surface area contributed by atoms with E-state index in [4.69, 9.17) is 5.11 Å². The molecule has 1 N–H and O–H groups in total. The topological polar surface area (TPSA) is 20.2 Å². The van der Waals surface area contributed by atoms with Crippen LogP contribution < -0.4 is 0 Å². The third kappa shape index (κ3) is 2.27. The van der Waals surface area contributed by atoms with E-state index in [0.717, 1.165) is 6.07 Å². The van der Waals surface area contributed by atoms with Gasteiger partial charge in [-0.3, -0.25) is 0 Å². The molecular weight excluding hydrogens is 261 g/mol. The van der Waals surface area contributed by atoms with Crippen molar-refractivity contribution < 1.29 is 18.3 Å². The normalized spacial score (nSPS) is 11.9. The monoisotopic (exact) mass is 268 g/mol. The molecule has 0 saturated heterocycles. The minimum Gasteiger partial charge on any atom is -0.392 e. The maximum Gasteiger partial charge on any atom is 0.416 e. The molecule has 0 aliphatic heterocycles. The van der Waals surface area contributed by atoms with Gasteiger partial charge in [0.05, 0.1) is 12.2 Å². The van der Waals surface area contributed by atoms with Crippen molar-refractivity contribution >= 4 is 15.9 Å². The van der Waals surface area contributed by atoms with E-state index in [0.29, 0.717) is 4.47 Å². The minimum absolute atomic E-state index is 0.134. The van der Waals surface area contributed by atoms with Crippen LogP contribution in [0.25, 0.3) is 0 Å². The third-order valence-electron chi connectivity index (χ3n) is 1.89. The van der Waals surface area contributed by atoms with Crippen molar-refractivity contribution in [1.82, 2.24) is 0 Å². The number of rotatable bonds is 1. The Labute approximate surface area is 87.7 Å². The molecule has 0 bridgehead atoms. The Kier molecular flexibility index (Phi) is 3.21. The number of benzene rings is 1. The standard InChI is InChI=1S/C9H8BrF3O/c1-5-7(9(11,12)13)2-6(4-14)3-8(5)10/h2-3,14H,4H2,1H3. The van der Waals surface area contributed by atoms with Crippen LogP contribution in [0.15, 0.2) is 16.6 Å². The van der Waals surface area contributed by atoms with E-state index in [2.05, 4.69) is 15.9 Å². The van der Waals surface area contributed by atoms with Crippen LogP contribution in [-0.2, 0) is 12.8 Å². The Morgan fingerprint density at radius 2 is 1.93 bits per heavy atom. The average molecular weight is 269 g/mol. The van der Waals surface area contributed by atoms with E-state index in [1.807, 2.05) is 0 Å². The summed E-state index contributed by atoms with van der Waals surface area (Å²) >= 11 is 3.02. The summed E-state index contributed by atoms with van der Waals surface area (Å²) in [7, 11) is 0. The lowest BCUT2D eigenvalue weighted by Crippen LogP contribution is -2.08. The highest BCUT2D eigenvalue weighted by Gasteiger charge is 2.33. The van der Waals surface area contributed by atoms with Gasteiger partial charge in [-0.1, -0.05) is 15.9 Å². The van der Waals surface area contributed by atoms with Crippen molar-refractivity contribution in [3.05, 3.63) is 33.3 Å². The summed E-state index contributed by atoms with van der Waals surface area (Å²) in [5.74, 6) is 0. The van der Waals surface area contributed by atoms with Crippen LogP contribution in [-0.4, -0.2) is 5.11 Å². The number of hydrogen-bond donors (Lipinski definition) is 1. The maximum atomic E-state index is 12.4. The molecule has 0 fully saturated rings. The average Bonchev–Trinajstić information content (AvgIpc) is 2.07. The first kappa shape index (κ1) is 11.5. The summed E-state index contributed by atoms with van der Waals surface area (Å²) in [5.41, 5.74) is -0.333. The van der Waals surface area contributed by atoms with Gasteiger partial charge in [-0.15, -0.1) is 0 Å². The fourth-order valence-electron chi connectivity index (χ4n) is 1.12. The molecule has 1 aromatic rings. The molecular formula is C9H8BrF3O. The molecule has 0 aromatic heterocycles. The molecule has 0 unspecified atom stereocenters. The maximum absolute atomic E-state index is 12.4. The van der Waals surface area contributed by atoms with Gasteiger partial charge in [0.25, 0.3) is 0 Å². The van der Waals surface area contributed by atoms with Gasteiger partial charge in [-0.25, -0.2) is 0 Å². The predicted octanol–water partition coefficient (Wildman–Crippen LogP) is 3.27. The van der Waals surface area contributed by atoms with E-state index >= 15 is 0 Å².